The largest absolute Gasteiger partial charge is 0.459 e. The van der Waals surface area contributed by atoms with E-state index in [1.165, 1.54) is 29.6 Å². The third-order valence-corrected chi connectivity index (χ3v) is 4.65. The van der Waals surface area contributed by atoms with Gasteiger partial charge in [0.1, 0.15) is 0 Å². The number of aromatic nitrogens is 1. The summed E-state index contributed by atoms with van der Waals surface area (Å²) in [6, 6.07) is 9.92. The van der Waals surface area contributed by atoms with Gasteiger partial charge in [0.25, 0.3) is 5.91 Å². The molecule has 0 radical (unpaired) electrons. The van der Waals surface area contributed by atoms with E-state index >= 15 is 0 Å². The normalized spacial score (nSPS) is 10.3. The van der Waals surface area contributed by atoms with Crippen molar-refractivity contribution < 1.29 is 23.5 Å². The van der Waals surface area contributed by atoms with Gasteiger partial charge in [-0.3, -0.25) is 19.8 Å². The topological polar surface area (TPSA) is 114 Å². The molecule has 2 N–H and O–H groups in total. The van der Waals surface area contributed by atoms with Crippen molar-refractivity contribution in [3.8, 4) is 0 Å². The van der Waals surface area contributed by atoms with E-state index in [1.54, 1.807) is 48.8 Å². The van der Waals surface area contributed by atoms with Crippen LogP contribution in [0.15, 0.2) is 52.5 Å². The van der Waals surface area contributed by atoms with Crippen LogP contribution in [0.25, 0.3) is 0 Å². The smallest absolute Gasteiger partial charge is 0.413 e. The van der Waals surface area contributed by atoms with E-state index in [-0.39, 0.29) is 18.1 Å². The van der Waals surface area contributed by atoms with Crippen LogP contribution in [-0.4, -0.2) is 37.0 Å². The van der Waals surface area contributed by atoms with Crippen molar-refractivity contribution in [3.05, 3.63) is 59.5 Å². The number of benzene rings is 1. The fourth-order valence-corrected chi connectivity index (χ4v) is 3.10. The minimum absolute atomic E-state index is 0.0525. The third-order valence-electron chi connectivity index (χ3n) is 3.85. The number of anilines is 3. The highest BCUT2D eigenvalue weighted by Crippen LogP contribution is 2.19. The lowest BCUT2D eigenvalue weighted by Gasteiger charge is -2.15. The standard InChI is InChI=1S/C19H18N4O5S/c1-23(19(26)27-2)14-7-5-12(6-8-14)20-16(24)10-13-11-29-18(21-13)22-17(25)15-4-3-9-28-15/h3-9,11H,10H2,1-2H3,(H,20,24)(H,21,22,25). The molecular formula is C19H18N4O5S. The number of rotatable bonds is 6. The van der Waals surface area contributed by atoms with Gasteiger partial charge in [-0.1, -0.05) is 0 Å². The first-order valence-electron chi connectivity index (χ1n) is 8.47. The maximum Gasteiger partial charge on any atom is 0.413 e. The van der Waals surface area contributed by atoms with Gasteiger partial charge < -0.3 is 14.5 Å². The molecule has 0 aliphatic carbocycles. The predicted octanol–water partition coefficient (Wildman–Crippen LogP) is 3.37. The van der Waals surface area contributed by atoms with Crippen molar-refractivity contribution >= 4 is 45.8 Å². The van der Waals surface area contributed by atoms with Gasteiger partial charge in [0.05, 0.1) is 25.5 Å². The zero-order valence-corrected chi connectivity index (χ0v) is 16.5. The zero-order valence-electron chi connectivity index (χ0n) is 15.7. The summed E-state index contributed by atoms with van der Waals surface area (Å²) in [5, 5.41) is 7.46. The van der Waals surface area contributed by atoms with E-state index in [0.717, 1.165) is 0 Å². The van der Waals surface area contributed by atoms with Gasteiger partial charge in [-0.25, -0.2) is 9.78 Å². The number of hydrogen-bond acceptors (Lipinski definition) is 7. The molecule has 2 heterocycles. The molecule has 150 valence electrons. The average molecular weight is 414 g/mol. The summed E-state index contributed by atoms with van der Waals surface area (Å²) in [6.45, 7) is 0. The lowest BCUT2D eigenvalue weighted by atomic mass is 10.2. The summed E-state index contributed by atoms with van der Waals surface area (Å²) in [6.07, 6.45) is 0.976. The first-order chi connectivity index (χ1) is 14.0. The minimum atomic E-state index is -0.486. The van der Waals surface area contributed by atoms with Crippen LogP contribution in [0.3, 0.4) is 0 Å². The molecule has 0 unspecified atom stereocenters. The van der Waals surface area contributed by atoms with Crippen LogP contribution >= 0.6 is 11.3 Å². The molecule has 2 aromatic heterocycles. The van der Waals surface area contributed by atoms with Gasteiger partial charge in [0.15, 0.2) is 10.9 Å². The SMILES string of the molecule is COC(=O)N(C)c1ccc(NC(=O)Cc2csc(NC(=O)c3ccco3)n2)cc1. The number of amides is 3. The average Bonchev–Trinajstić information content (AvgIpc) is 3.39. The van der Waals surface area contributed by atoms with Crippen molar-refractivity contribution in [3.63, 3.8) is 0 Å². The molecule has 10 heteroatoms. The highest BCUT2D eigenvalue weighted by atomic mass is 32.1. The first-order valence-corrected chi connectivity index (χ1v) is 9.35. The molecule has 3 rings (SSSR count). The molecule has 0 saturated heterocycles. The van der Waals surface area contributed by atoms with Crippen molar-refractivity contribution in [2.75, 3.05) is 29.7 Å². The van der Waals surface area contributed by atoms with E-state index < -0.39 is 12.0 Å². The molecule has 0 aliphatic rings. The summed E-state index contributed by atoms with van der Waals surface area (Å²) >= 11 is 1.22. The second kappa shape index (κ2) is 9.02. The van der Waals surface area contributed by atoms with Gasteiger partial charge in [-0.15, -0.1) is 11.3 Å². The number of nitrogens with zero attached hydrogens (tertiary/aromatic N) is 2. The quantitative estimate of drug-likeness (QED) is 0.639. The Bertz CT molecular complexity index is 998. The highest BCUT2D eigenvalue weighted by molar-refractivity contribution is 7.14. The van der Waals surface area contributed by atoms with Gasteiger partial charge >= 0.3 is 6.09 Å². The molecule has 0 saturated carbocycles. The molecule has 0 fully saturated rings. The van der Waals surface area contributed by atoms with Crippen LogP contribution in [0.5, 0.6) is 0 Å². The van der Waals surface area contributed by atoms with Crippen LogP contribution in [0, 0.1) is 0 Å². The third kappa shape index (κ3) is 5.20. The lowest BCUT2D eigenvalue weighted by molar-refractivity contribution is -0.115. The fraction of sp³-hybridized carbons (Fsp3) is 0.158. The van der Waals surface area contributed by atoms with E-state index in [1.807, 2.05) is 0 Å². The van der Waals surface area contributed by atoms with Crippen molar-refractivity contribution in [1.82, 2.24) is 4.98 Å². The van der Waals surface area contributed by atoms with Gasteiger partial charge in [-0.2, -0.15) is 0 Å². The lowest BCUT2D eigenvalue weighted by Crippen LogP contribution is -2.25. The minimum Gasteiger partial charge on any atom is -0.459 e. The van der Waals surface area contributed by atoms with Crippen LogP contribution in [0.2, 0.25) is 0 Å². The van der Waals surface area contributed by atoms with E-state index in [2.05, 4.69) is 20.4 Å². The molecule has 3 amide bonds. The Morgan fingerprint density at radius 1 is 1.17 bits per heavy atom. The number of methoxy groups -OCH3 is 1. The number of furan rings is 1. The van der Waals surface area contributed by atoms with Crippen molar-refractivity contribution in [2.45, 2.75) is 6.42 Å². The first kappa shape index (κ1) is 20.1. The predicted molar refractivity (Wildman–Crippen MR) is 108 cm³/mol. The molecular weight excluding hydrogens is 396 g/mol. The number of thiazole rings is 1. The molecule has 3 aromatic rings. The Balaban J connectivity index is 1.54. The van der Waals surface area contributed by atoms with Crippen molar-refractivity contribution in [2.24, 2.45) is 0 Å². The zero-order chi connectivity index (χ0) is 20.8. The molecule has 29 heavy (non-hydrogen) atoms. The Labute approximate surface area is 170 Å². The van der Waals surface area contributed by atoms with Crippen LogP contribution in [-0.2, 0) is 16.0 Å². The fourth-order valence-electron chi connectivity index (χ4n) is 2.39. The van der Waals surface area contributed by atoms with Crippen LogP contribution in [0.1, 0.15) is 16.2 Å². The Morgan fingerprint density at radius 3 is 2.59 bits per heavy atom. The number of carbonyl (C=O) groups excluding carboxylic acids is 3. The summed E-state index contributed by atoms with van der Waals surface area (Å²) < 4.78 is 9.67. The number of carbonyl (C=O) groups is 3. The monoisotopic (exact) mass is 414 g/mol. The molecule has 0 spiro atoms. The van der Waals surface area contributed by atoms with E-state index in [9.17, 15) is 14.4 Å². The molecule has 1 aromatic carbocycles. The molecule has 9 nitrogen and oxygen atoms in total. The maximum atomic E-state index is 12.2. The Kier molecular flexibility index (Phi) is 6.25. The van der Waals surface area contributed by atoms with Gasteiger partial charge in [0, 0.05) is 23.8 Å². The molecule has 0 bridgehead atoms. The second-order valence-corrected chi connectivity index (χ2v) is 6.73. The summed E-state index contributed by atoms with van der Waals surface area (Å²) in [7, 11) is 2.89. The molecule has 0 atom stereocenters. The number of hydrogen-bond donors (Lipinski definition) is 2. The van der Waals surface area contributed by atoms with Crippen molar-refractivity contribution in [1.29, 1.82) is 0 Å². The summed E-state index contributed by atoms with van der Waals surface area (Å²) in [4.78, 5) is 41.3. The van der Waals surface area contributed by atoms with Gasteiger partial charge in [0.2, 0.25) is 5.91 Å². The van der Waals surface area contributed by atoms with E-state index in [0.29, 0.717) is 22.2 Å². The van der Waals surface area contributed by atoms with E-state index in [4.69, 9.17) is 4.42 Å². The Morgan fingerprint density at radius 2 is 1.93 bits per heavy atom. The number of ether oxygens (including phenoxy) is 1. The summed E-state index contributed by atoms with van der Waals surface area (Å²) in [5.41, 5.74) is 1.74. The maximum absolute atomic E-state index is 12.2. The summed E-state index contributed by atoms with van der Waals surface area (Å²) in [5.74, 6) is -0.480. The second-order valence-electron chi connectivity index (χ2n) is 5.88. The number of nitrogens with one attached hydrogen (secondary N) is 2. The highest BCUT2D eigenvalue weighted by Gasteiger charge is 2.14. The van der Waals surface area contributed by atoms with Gasteiger partial charge in [-0.05, 0) is 36.4 Å². The molecule has 0 aliphatic heterocycles. The van der Waals surface area contributed by atoms with Crippen LogP contribution < -0.4 is 15.5 Å². The Hall–Kier alpha value is -3.66. The van der Waals surface area contributed by atoms with Crippen LogP contribution in [0.4, 0.5) is 21.3 Å².